The van der Waals surface area contributed by atoms with Gasteiger partial charge in [0, 0.05) is 40.8 Å². The Hall–Kier alpha value is 0.0300. The van der Waals surface area contributed by atoms with Gasteiger partial charge in [-0.15, -0.1) is 22.9 Å². The van der Waals surface area contributed by atoms with E-state index in [0.29, 0.717) is 5.88 Å². The van der Waals surface area contributed by atoms with Crippen molar-refractivity contribution in [3.63, 3.8) is 0 Å². The summed E-state index contributed by atoms with van der Waals surface area (Å²) in [4.78, 5) is 6.71. The molecule has 15 heavy (non-hydrogen) atoms. The summed E-state index contributed by atoms with van der Waals surface area (Å²) in [7, 11) is -0.595. The minimum absolute atomic E-state index is 0.487. The third-order valence-corrected chi connectivity index (χ3v) is 4.80. The topological polar surface area (TPSA) is 33.2 Å². The van der Waals surface area contributed by atoms with Crippen molar-refractivity contribution in [2.75, 3.05) is 24.6 Å². The molecule has 1 aliphatic rings. The normalized spacial score (nSPS) is 19.5. The van der Waals surface area contributed by atoms with Crippen LogP contribution < -0.4 is 0 Å². The predicted molar refractivity (Wildman–Crippen MR) is 64.8 cm³/mol. The average molecular weight is 265 g/mol. The molecule has 2 heterocycles. The van der Waals surface area contributed by atoms with Crippen LogP contribution in [0.4, 0.5) is 0 Å². The Kier molecular flexibility index (Phi) is 4.13. The zero-order chi connectivity index (χ0) is 10.7. The number of aromatic nitrogens is 1. The zero-order valence-electron chi connectivity index (χ0n) is 8.32. The summed E-state index contributed by atoms with van der Waals surface area (Å²) in [6, 6.07) is 0. The number of hydrogen-bond donors (Lipinski definition) is 0. The maximum absolute atomic E-state index is 11.2. The molecule has 1 fully saturated rings. The highest BCUT2D eigenvalue weighted by Crippen LogP contribution is 2.14. The molecule has 1 aliphatic heterocycles. The number of thiazole rings is 1. The maximum atomic E-state index is 11.2. The fourth-order valence-electron chi connectivity index (χ4n) is 1.51. The Morgan fingerprint density at radius 1 is 1.53 bits per heavy atom. The molecule has 1 aromatic heterocycles. The van der Waals surface area contributed by atoms with Gasteiger partial charge in [0.15, 0.2) is 0 Å². The lowest BCUT2D eigenvalue weighted by Gasteiger charge is -2.24. The minimum atomic E-state index is -0.595. The van der Waals surface area contributed by atoms with E-state index in [-0.39, 0.29) is 0 Å². The van der Waals surface area contributed by atoms with Crippen LogP contribution in [-0.2, 0) is 23.2 Å². The molecule has 84 valence electrons. The van der Waals surface area contributed by atoms with Crippen molar-refractivity contribution in [2.45, 2.75) is 12.4 Å². The molecule has 0 radical (unpaired) electrons. The molecule has 0 unspecified atom stereocenters. The Morgan fingerprint density at radius 3 is 2.87 bits per heavy atom. The van der Waals surface area contributed by atoms with Crippen molar-refractivity contribution in [3.8, 4) is 0 Å². The largest absolute Gasteiger partial charge is 0.295 e. The number of nitrogens with zero attached hydrogens (tertiary/aromatic N) is 2. The van der Waals surface area contributed by atoms with Crippen LogP contribution in [0.5, 0.6) is 0 Å². The third kappa shape index (κ3) is 3.24. The molecule has 0 bridgehead atoms. The van der Waals surface area contributed by atoms with Crippen LogP contribution in [0.2, 0.25) is 0 Å². The van der Waals surface area contributed by atoms with E-state index in [9.17, 15) is 4.21 Å². The zero-order valence-corrected chi connectivity index (χ0v) is 10.7. The SMILES string of the molecule is O=S1CCN(Cc2nc(CCl)cs2)CC1. The van der Waals surface area contributed by atoms with Crippen molar-refractivity contribution < 1.29 is 4.21 Å². The Morgan fingerprint density at radius 2 is 2.27 bits per heavy atom. The van der Waals surface area contributed by atoms with Crippen molar-refractivity contribution in [3.05, 3.63) is 16.1 Å². The quantitative estimate of drug-likeness (QED) is 0.775. The summed E-state index contributed by atoms with van der Waals surface area (Å²) < 4.78 is 11.2. The van der Waals surface area contributed by atoms with Crippen LogP contribution in [-0.4, -0.2) is 38.7 Å². The molecule has 3 nitrogen and oxygen atoms in total. The van der Waals surface area contributed by atoms with E-state index < -0.39 is 10.8 Å². The van der Waals surface area contributed by atoms with Crippen LogP contribution in [0.1, 0.15) is 10.7 Å². The van der Waals surface area contributed by atoms with E-state index in [4.69, 9.17) is 11.6 Å². The molecule has 0 N–H and O–H groups in total. The lowest BCUT2D eigenvalue weighted by Crippen LogP contribution is -2.37. The molecular formula is C9H13ClN2OS2. The first-order chi connectivity index (χ1) is 7.28. The highest BCUT2D eigenvalue weighted by atomic mass is 35.5. The summed E-state index contributed by atoms with van der Waals surface area (Å²) in [5, 5.41) is 3.11. The van der Waals surface area contributed by atoms with E-state index in [0.717, 1.165) is 41.8 Å². The number of alkyl halides is 1. The monoisotopic (exact) mass is 264 g/mol. The molecule has 1 aromatic rings. The number of hydrogen-bond acceptors (Lipinski definition) is 4. The van der Waals surface area contributed by atoms with Gasteiger partial charge >= 0.3 is 0 Å². The summed E-state index contributed by atoms with van der Waals surface area (Å²) in [5.41, 5.74) is 0.956. The molecule has 1 saturated heterocycles. The van der Waals surface area contributed by atoms with Gasteiger partial charge in [0.25, 0.3) is 0 Å². The molecule has 0 spiro atoms. The predicted octanol–water partition coefficient (Wildman–Crippen LogP) is 1.45. The molecule has 2 rings (SSSR count). The van der Waals surface area contributed by atoms with E-state index >= 15 is 0 Å². The minimum Gasteiger partial charge on any atom is -0.295 e. The van der Waals surface area contributed by atoms with Gasteiger partial charge in [0.05, 0.1) is 18.1 Å². The van der Waals surface area contributed by atoms with Gasteiger partial charge < -0.3 is 0 Å². The highest BCUT2D eigenvalue weighted by molar-refractivity contribution is 7.85. The molecule has 0 amide bonds. The highest BCUT2D eigenvalue weighted by Gasteiger charge is 2.16. The van der Waals surface area contributed by atoms with Crippen molar-refractivity contribution in [1.82, 2.24) is 9.88 Å². The van der Waals surface area contributed by atoms with Gasteiger partial charge in [0.2, 0.25) is 0 Å². The van der Waals surface area contributed by atoms with E-state index in [2.05, 4.69) is 9.88 Å². The Balaban J connectivity index is 1.88. The average Bonchev–Trinajstić information content (AvgIpc) is 2.69. The van der Waals surface area contributed by atoms with Gasteiger partial charge in [-0.25, -0.2) is 4.98 Å². The molecule has 0 aliphatic carbocycles. The van der Waals surface area contributed by atoms with Crippen molar-refractivity contribution in [2.24, 2.45) is 0 Å². The third-order valence-electron chi connectivity index (χ3n) is 2.37. The smallest absolute Gasteiger partial charge is 0.107 e. The second kappa shape index (κ2) is 5.39. The lowest BCUT2D eigenvalue weighted by atomic mass is 10.4. The summed E-state index contributed by atoms with van der Waals surface area (Å²) in [5.74, 6) is 2.09. The van der Waals surface area contributed by atoms with E-state index in [1.165, 1.54) is 0 Å². The van der Waals surface area contributed by atoms with Gasteiger partial charge in [-0.2, -0.15) is 0 Å². The van der Waals surface area contributed by atoms with Crippen LogP contribution >= 0.6 is 22.9 Å². The van der Waals surface area contributed by atoms with Crippen molar-refractivity contribution in [1.29, 1.82) is 0 Å². The summed E-state index contributed by atoms with van der Waals surface area (Å²) in [6.07, 6.45) is 0. The molecular weight excluding hydrogens is 252 g/mol. The van der Waals surface area contributed by atoms with E-state index in [1.54, 1.807) is 11.3 Å². The standard InChI is InChI=1S/C9H13ClN2OS2/c10-5-8-7-14-9(11-8)6-12-1-3-15(13)4-2-12/h7H,1-6H2. The van der Waals surface area contributed by atoms with Crippen LogP contribution in [0.3, 0.4) is 0 Å². The second-order valence-electron chi connectivity index (χ2n) is 3.49. The van der Waals surface area contributed by atoms with Crippen LogP contribution in [0.15, 0.2) is 5.38 Å². The first-order valence-corrected chi connectivity index (χ1v) is 7.74. The van der Waals surface area contributed by atoms with Gasteiger partial charge in [-0.3, -0.25) is 9.11 Å². The van der Waals surface area contributed by atoms with Gasteiger partial charge in [0.1, 0.15) is 5.01 Å². The fourth-order valence-corrected chi connectivity index (χ4v) is 3.70. The van der Waals surface area contributed by atoms with Gasteiger partial charge in [-0.1, -0.05) is 0 Å². The number of rotatable bonds is 3. The molecule has 0 atom stereocenters. The molecule has 0 aromatic carbocycles. The summed E-state index contributed by atoms with van der Waals surface area (Å²) >= 11 is 7.35. The maximum Gasteiger partial charge on any atom is 0.107 e. The first-order valence-electron chi connectivity index (χ1n) is 4.84. The summed E-state index contributed by atoms with van der Waals surface area (Å²) in [6.45, 7) is 2.71. The Labute approximate surface area is 101 Å². The van der Waals surface area contributed by atoms with Gasteiger partial charge in [-0.05, 0) is 0 Å². The molecule has 0 saturated carbocycles. The fraction of sp³-hybridized carbons (Fsp3) is 0.667. The Bertz CT molecular complexity index is 346. The van der Waals surface area contributed by atoms with Crippen LogP contribution in [0.25, 0.3) is 0 Å². The second-order valence-corrected chi connectivity index (χ2v) is 6.40. The first kappa shape index (κ1) is 11.5. The lowest BCUT2D eigenvalue weighted by molar-refractivity contribution is 0.291. The van der Waals surface area contributed by atoms with E-state index in [1.807, 2.05) is 5.38 Å². The molecule has 6 heteroatoms. The van der Waals surface area contributed by atoms with Crippen molar-refractivity contribution >= 4 is 33.7 Å². The van der Waals surface area contributed by atoms with Crippen LogP contribution in [0, 0.1) is 0 Å². The number of halogens is 1.